The molecular formula is C15H13Cl2NO4S. The first-order valence-corrected chi connectivity index (χ1v) is 8.68. The van der Waals surface area contributed by atoms with Gasteiger partial charge in [0, 0.05) is 10.0 Å². The molecular weight excluding hydrogens is 361 g/mol. The smallest absolute Gasteiger partial charge is 0.324 e. The molecule has 0 aromatic heterocycles. The van der Waals surface area contributed by atoms with Crippen LogP contribution < -0.4 is 4.31 Å². The maximum atomic E-state index is 12.8. The van der Waals surface area contributed by atoms with Crippen LogP contribution in [0.2, 0.25) is 10.0 Å². The van der Waals surface area contributed by atoms with Crippen molar-refractivity contribution in [2.45, 2.75) is 11.8 Å². The number of benzene rings is 2. The molecule has 122 valence electrons. The van der Waals surface area contributed by atoms with Gasteiger partial charge >= 0.3 is 5.97 Å². The van der Waals surface area contributed by atoms with E-state index >= 15 is 0 Å². The zero-order valence-electron chi connectivity index (χ0n) is 12.0. The van der Waals surface area contributed by atoms with Crippen molar-refractivity contribution in [3.05, 3.63) is 58.1 Å². The minimum Gasteiger partial charge on any atom is -0.480 e. The highest BCUT2D eigenvalue weighted by molar-refractivity contribution is 7.92. The summed E-state index contributed by atoms with van der Waals surface area (Å²) in [6, 6.07) is 10.2. The van der Waals surface area contributed by atoms with E-state index in [9.17, 15) is 13.2 Å². The number of sulfonamides is 1. The van der Waals surface area contributed by atoms with Crippen LogP contribution in [0.4, 0.5) is 5.69 Å². The van der Waals surface area contributed by atoms with E-state index in [2.05, 4.69) is 0 Å². The molecule has 0 bridgehead atoms. The van der Waals surface area contributed by atoms with Crippen molar-refractivity contribution < 1.29 is 18.3 Å². The van der Waals surface area contributed by atoms with Crippen molar-refractivity contribution in [3.63, 3.8) is 0 Å². The van der Waals surface area contributed by atoms with Gasteiger partial charge in [-0.3, -0.25) is 9.10 Å². The molecule has 2 aromatic carbocycles. The van der Waals surface area contributed by atoms with Crippen LogP contribution in [-0.2, 0) is 14.8 Å². The Morgan fingerprint density at radius 2 is 1.74 bits per heavy atom. The van der Waals surface area contributed by atoms with Crippen LogP contribution >= 0.6 is 23.2 Å². The van der Waals surface area contributed by atoms with Crippen LogP contribution in [0.5, 0.6) is 0 Å². The second-order valence-corrected chi connectivity index (χ2v) is 7.45. The number of anilines is 1. The van der Waals surface area contributed by atoms with Crippen LogP contribution in [0.1, 0.15) is 5.56 Å². The summed E-state index contributed by atoms with van der Waals surface area (Å²) in [5.41, 5.74) is 0.697. The zero-order chi connectivity index (χ0) is 17.2. The Balaban J connectivity index is 2.60. The summed E-state index contributed by atoms with van der Waals surface area (Å²) in [5, 5.41) is 9.83. The summed E-state index contributed by atoms with van der Waals surface area (Å²) in [7, 11) is -4.07. The number of hydrogen-bond acceptors (Lipinski definition) is 3. The number of hydrogen-bond donors (Lipinski definition) is 1. The zero-order valence-corrected chi connectivity index (χ0v) is 14.4. The number of carboxylic acid groups (broad SMARTS) is 1. The van der Waals surface area contributed by atoms with E-state index in [1.807, 2.05) is 0 Å². The lowest BCUT2D eigenvalue weighted by atomic mass is 10.2. The number of carboxylic acids is 1. The molecule has 0 aliphatic carbocycles. The molecule has 0 aliphatic rings. The third-order valence-electron chi connectivity index (χ3n) is 3.19. The maximum Gasteiger partial charge on any atom is 0.324 e. The molecule has 0 atom stereocenters. The monoisotopic (exact) mass is 373 g/mol. The minimum atomic E-state index is -4.07. The molecule has 23 heavy (non-hydrogen) atoms. The van der Waals surface area contributed by atoms with Gasteiger partial charge in [-0.1, -0.05) is 29.3 Å². The topological polar surface area (TPSA) is 74.7 Å². The Bertz CT molecular complexity index is 835. The van der Waals surface area contributed by atoms with Crippen LogP contribution in [0, 0.1) is 6.92 Å². The number of rotatable bonds is 5. The average Bonchev–Trinajstić information content (AvgIpc) is 2.48. The fourth-order valence-corrected chi connectivity index (χ4v) is 3.79. The van der Waals surface area contributed by atoms with Crippen molar-refractivity contribution >= 4 is 44.9 Å². The molecule has 5 nitrogen and oxygen atoms in total. The Morgan fingerprint density at radius 3 is 2.30 bits per heavy atom. The predicted octanol–water partition coefficient (Wildman–Crippen LogP) is 3.58. The summed E-state index contributed by atoms with van der Waals surface area (Å²) in [4.78, 5) is 11.1. The van der Waals surface area contributed by atoms with Gasteiger partial charge in [-0.2, -0.15) is 0 Å². The molecule has 0 heterocycles. The fourth-order valence-electron chi connectivity index (χ4n) is 2.02. The lowest BCUT2D eigenvalue weighted by molar-refractivity contribution is -0.135. The van der Waals surface area contributed by atoms with Gasteiger partial charge < -0.3 is 5.11 Å². The average molecular weight is 374 g/mol. The first-order chi connectivity index (χ1) is 10.7. The quantitative estimate of drug-likeness (QED) is 0.868. The van der Waals surface area contributed by atoms with E-state index in [0.717, 1.165) is 4.31 Å². The van der Waals surface area contributed by atoms with E-state index in [4.69, 9.17) is 28.3 Å². The van der Waals surface area contributed by atoms with Gasteiger partial charge in [0.1, 0.15) is 6.54 Å². The molecule has 0 unspecified atom stereocenters. The fraction of sp³-hybridized carbons (Fsp3) is 0.133. The molecule has 0 amide bonds. The molecule has 0 aliphatic heterocycles. The normalized spacial score (nSPS) is 11.3. The Labute approximate surface area is 144 Å². The van der Waals surface area contributed by atoms with Gasteiger partial charge in [-0.05, 0) is 48.9 Å². The van der Waals surface area contributed by atoms with Crippen LogP contribution in [0.15, 0.2) is 47.4 Å². The van der Waals surface area contributed by atoms with Crippen molar-refractivity contribution in [1.82, 2.24) is 0 Å². The maximum absolute atomic E-state index is 12.8. The number of aliphatic carboxylic acids is 1. The van der Waals surface area contributed by atoms with Crippen LogP contribution in [0.3, 0.4) is 0 Å². The van der Waals surface area contributed by atoms with E-state index in [1.54, 1.807) is 19.1 Å². The second-order valence-electron chi connectivity index (χ2n) is 4.74. The molecule has 0 radical (unpaired) electrons. The standard InChI is InChI=1S/C15H13Cl2NO4S/c1-10-13(17)3-2-4-14(10)18(9-15(19)20)23(21,22)12-7-5-11(16)6-8-12/h2-8H,9H2,1H3,(H,19,20). The van der Waals surface area contributed by atoms with Gasteiger partial charge in [0.15, 0.2) is 0 Å². The first-order valence-electron chi connectivity index (χ1n) is 6.48. The summed E-state index contributed by atoms with van der Waals surface area (Å²) >= 11 is 11.8. The van der Waals surface area contributed by atoms with Gasteiger partial charge in [0.2, 0.25) is 0 Å². The number of halogens is 2. The number of nitrogens with zero attached hydrogens (tertiary/aromatic N) is 1. The first kappa shape index (κ1) is 17.6. The highest BCUT2D eigenvalue weighted by atomic mass is 35.5. The van der Waals surface area contributed by atoms with Crippen molar-refractivity contribution in [2.24, 2.45) is 0 Å². The molecule has 0 saturated carbocycles. The molecule has 1 N–H and O–H groups in total. The van der Waals surface area contributed by atoms with E-state index in [1.165, 1.54) is 30.3 Å². The highest BCUT2D eigenvalue weighted by Crippen LogP contribution is 2.31. The van der Waals surface area contributed by atoms with Crippen LogP contribution in [0.25, 0.3) is 0 Å². The molecule has 2 rings (SSSR count). The second kappa shape index (κ2) is 6.78. The summed E-state index contributed by atoms with van der Waals surface area (Å²) in [6.45, 7) is 0.913. The molecule has 0 spiro atoms. The SMILES string of the molecule is Cc1c(Cl)cccc1N(CC(=O)O)S(=O)(=O)c1ccc(Cl)cc1. The van der Waals surface area contributed by atoms with Gasteiger partial charge in [0.05, 0.1) is 10.6 Å². The molecule has 0 saturated heterocycles. The molecule has 8 heteroatoms. The van der Waals surface area contributed by atoms with Gasteiger partial charge in [0.25, 0.3) is 10.0 Å². The van der Waals surface area contributed by atoms with Gasteiger partial charge in [-0.15, -0.1) is 0 Å². The van der Waals surface area contributed by atoms with Gasteiger partial charge in [-0.25, -0.2) is 8.42 Å². The van der Waals surface area contributed by atoms with E-state index < -0.39 is 22.5 Å². The largest absolute Gasteiger partial charge is 0.480 e. The third-order valence-corrected chi connectivity index (χ3v) is 5.62. The third kappa shape index (κ3) is 3.77. The molecule has 0 fully saturated rings. The van der Waals surface area contributed by atoms with Crippen molar-refractivity contribution in [3.8, 4) is 0 Å². The van der Waals surface area contributed by atoms with E-state index in [-0.39, 0.29) is 10.6 Å². The predicted molar refractivity (Wildman–Crippen MR) is 89.8 cm³/mol. The summed E-state index contributed by atoms with van der Waals surface area (Å²) in [6.07, 6.45) is 0. The van der Waals surface area contributed by atoms with E-state index in [0.29, 0.717) is 15.6 Å². The molecule has 2 aromatic rings. The van der Waals surface area contributed by atoms with Crippen molar-refractivity contribution in [2.75, 3.05) is 10.8 Å². The summed E-state index contributed by atoms with van der Waals surface area (Å²) in [5.74, 6) is -1.28. The lowest BCUT2D eigenvalue weighted by Gasteiger charge is -2.24. The number of carbonyl (C=O) groups is 1. The Hall–Kier alpha value is -1.76. The highest BCUT2D eigenvalue weighted by Gasteiger charge is 2.28. The Morgan fingerprint density at radius 1 is 1.13 bits per heavy atom. The van der Waals surface area contributed by atoms with Crippen molar-refractivity contribution in [1.29, 1.82) is 0 Å². The van der Waals surface area contributed by atoms with Crippen LogP contribution in [-0.4, -0.2) is 26.0 Å². The Kier molecular flexibility index (Phi) is 5.19. The minimum absolute atomic E-state index is 0.0532. The summed E-state index contributed by atoms with van der Waals surface area (Å²) < 4.78 is 26.5. The lowest BCUT2D eigenvalue weighted by Crippen LogP contribution is -2.36.